The van der Waals surface area contributed by atoms with Gasteiger partial charge in [-0.05, 0) is 108 Å². The van der Waals surface area contributed by atoms with Gasteiger partial charge in [-0.3, -0.25) is 0 Å². The van der Waals surface area contributed by atoms with E-state index >= 15 is 0 Å². The summed E-state index contributed by atoms with van der Waals surface area (Å²) < 4.78 is 23.7. The first-order chi connectivity index (χ1) is 26.8. The average molecular weight is 739 g/mol. The number of carbonyl (C=O) groups is 2. The molecule has 0 bridgehead atoms. The summed E-state index contributed by atoms with van der Waals surface area (Å²) >= 11 is 0. The highest BCUT2D eigenvalue weighted by molar-refractivity contribution is 5.88. The highest BCUT2D eigenvalue weighted by atomic mass is 16.6. The van der Waals surface area contributed by atoms with Crippen LogP contribution < -0.4 is 9.47 Å². The summed E-state index contributed by atoms with van der Waals surface area (Å²) in [4.78, 5) is 24.2. The first-order valence-corrected chi connectivity index (χ1v) is 20.2. The van der Waals surface area contributed by atoms with Crippen LogP contribution in [0, 0.1) is 0 Å². The summed E-state index contributed by atoms with van der Waals surface area (Å²) in [6.45, 7) is 11.6. The van der Waals surface area contributed by atoms with E-state index in [2.05, 4.69) is 98.1 Å². The summed E-state index contributed by atoms with van der Waals surface area (Å²) in [5, 5.41) is 0. The van der Waals surface area contributed by atoms with Crippen LogP contribution in [0.1, 0.15) is 123 Å². The molecular weight excluding hydrogens is 685 g/mol. The van der Waals surface area contributed by atoms with Crippen LogP contribution in [-0.2, 0) is 24.5 Å². The highest BCUT2D eigenvalue weighted by Gasteiger charge is 2.47. The maximum absolute atomic E-state index is 12.1. The number of carbonyl (C=O) groups excluding carboxylic acids is 2. The van der Waals surface area contributed by atoms with Crippen molar-refractivity contribution in [3.8, 4) is 22.6 Å². The minimum Gasteiger partial charge on any atom is -0.490 e. The molecule has 0 saturated heterocycles. The lowest BCUT2D eigenvalue weighted by molar-refractivity contribution is -0.140. The number of hydrogen-bond acceptors (Lipinski definition) is 6. The Hall–Kier alpha value is -5.10. The molecule has 3 aliphatic carbocycles. The summed E-state index contributed by atoms with van der Waals surface area (Å²) in [5.74, 6) is 1.66. The summed E-state index contributed by atoms with van der Waals surface area (Å²) in [7, 11) is 0. The van der Waals surface area contributed by atoms with Gasteiger partial charge in [-0.2, -0.15) is 0 Å². The fraction of sp³-hybridized carbons (Fsp3) is 0.388. The molecule has 0 radical (unpaired) electrons. The molecular formula is C49H54O6. The molecule has 2 saturated carbocycles. The minimum absolute atomic E-state index is 0.164. The number of hydrogen-bond donors (Lipinski definition) is 0. The molecule has 4 aromatic carbocycles. The van der Waals surface area contributed by atoms with E-state index in [0.717, 1.165) is 37.2 Å². The van der Waals surface area contributed by atoms with Gasteiger partial charge in [0.15, 0.2) is 0 Å². The normalized spacial score (nSPS) is 16.4. The smallest absolute Gasteiger partial charge is 0.333 e. The fourth-order valence-electron chi connectivity index (χ4n) is 9.13. The van der Waals surface area contributed by atoms with Crippen molar-refractivity contribution in [1.82, 2.24) is 0 Å². The fourth-order valence-corrected chi connectivity index (χ4v) is 9.13. The number of esters is 2. The van der Waals surface area contributed by atoms with Crippen molar-refractivity contribution in [1.29, 1.82) is 0 Å². The van der Waals surface area contributed by atoms with Gasteiger partial charge in [0, 0.05) is 11.1 Å². The van der Waals surface area contributed by atoms with Crippen molar-refractivity contribution in [2.24, 2.45) is 0 Å². The Morgan fingerprint density at radius 1 is 0.564 bits per heavy atom. The second-order valence-electron chi connectivity index (χ2n) is 15.5. The molecule has 6 heteroatoms. The molecule has 0 aliphatic heterocycles. The van der Waals surface area contributed by atoms with Crippen molar-refractivity contribution in [3.63, 3.8) is 0 Å². The van der Waals surface area contributed by atoms with E-state index in [1.165, 1.54) is 83.0 Å². The lowest BCUT2D eigenvalue weighted by Gasteiger charge is -2.36. The molecule has 4 aromatic rings. The molecule has 0 atom stereocenters. The third-order valence-electron chi connectivity index (χ3n) is 11.8. The summed E-state index contributed by atoms with van der Waals surface area (Å²) in [6, 6.07) is 31.4. The second kappa shape index (κ2) is 17.1. The van der Waals surface area contributed by atoms with Gasteiger partial charge in [-0.1, -0.05) is 124 Å². The Morgan fingerprint density at radius 3 is 1.36 bits per heavy atom. The SMILES string of the molecule is C=C(C)C(=O)OCCOc1ccc(C2(c3ccc(OCCOC(=O)C(=C)C)c(C4CCCCC4)c3)c3ccccc3-c3ccccc32)cc1C1CCCCC1. The lowest BCUT2D eigenvalue weighted by Crippen LogP contribution is -2.29. The van der Waals surface area contributed by atoms with E-state index in [0.29, 0.717) is 23.0 Å². The number of fused-ring (bicyclic) bond motifs is 3. The topological polar surface area (TPSA) is 71.1 Å². The van der Waals surface area contributed by atoms with Crippen molar-refractivity contribution >= 4 is 11.9 Å². The number of benzene rings is 4. The molecule has 6 nitrogen and oxygen atoms in total. The summed E-state index contributed by atoms with van der Waals surface area (Å²) in [5.41, 5.74) is 10.1. The molecule has 0 N–H and O–H groups in total. The Bertz CT molecular complexity index is 1900. The zero-order valence-corrected chi connectivity index (χ0v) is 32.5. The van der Waals surface area contributed by atoms with Crippen LogP contribution in [0.2, 0.25) is 0 Å². The van der Waals surface area contributed by atoms with Crippen LogP contribution in [0.25, 0.3) is 11.1 Å². The standard InChI is InChI=1S/C49H54O6/c1-33(2)47(50)54-29-27-52-45-25-23-37(31-41(45)35-15-7-5-8-16-35)49(43-21-13-11-19-39(43)40-20-12-14-22-44(40)49)38-24-26-46(53-28-30-55-48(51)34(3)4)42(32-38)36-17-9-6-10-18-36/h11-14,19-26,31-32,35-36H,1,3,5-10,15-18,27-30H2,2,4H3. The molecule has 0 spiro atoms. The summed E-state index contributed by atoms with van der Waals surface area (Å²) in [6.07, 6.45) is 11.7. The molecule has 286 valence electrons. The molecule has 7 rings (SSSR count). The molecule has 0 unspecified atom stereocenters. The first-order valence-electron chi connectivity index (χ1n) is 20.2. The zero-order chi connectivity index (χ0) is 38.4. The van der Waals surface area contributed by atoms with Gasteiger partial charge >= 0.3 is 11.9 Å². The first kappa shape index (κ1) is 38.2. The van der Waals surface area contributed by atoms with E-state index in [9.17, 15) is 9.59 Å². The monoisotopic (exact) mass is 738 g/mol. The van der Waals surface area contributed by atoms with E-state index in [4.69, 9.17) is 18.9 Å². The van der Waals surface area contributed by atoms with E-state index < -0.39 is 17.4 Å². The predicted octanol–water partition coefficient (Wildman–Crippen LogP) is 11.1. The van der Waals surface area contributed by atoms with E-state index in [-0.39, 0.29) is 26.4 Å². The minimum atomic E-state index is -0.592. The third kappa shape index (κ3) is 7.87. The molecule has 0 heterocycles. The van der Waals surface area contributed by atoms with Crippen LogP contribution in [0.5, 0.6) is 11.5 Å². The van der Waals surface area contributed by atoms with Gasteiger partial charge in [0.25, 0.3) is 0 Å². The van der Waals surface area contributed by atoms with Crippen LogP contribution in [0.4, 0.5) is 0 Å². The van der Waals surface area contributed by atoms with Gasteiger partial charge in [0.2, 0.25) is 0 Å². The van der Waals surface area contributed by atoms with Gasteiger partial charge in [0.05, 0.1) is 5.41 Å². The maximum Gasteiger partial charge on any atom is 0.333 e. The second-order valence-corrected chi connectivity index (χ2v) is 15.5. The predicted molar refractivity (Wildman–Crippen MR) is 218 cm³/mol. The molecule has 3 aliphatic rings. The van der Waals surface area contributed by atoms with Crippen molar-refractivity contribution < 1.29 is 28.5 Å². The molecule has 0 aromatic heterocycles. The highest BCUT2D eigenvalue weighted by Crippen LogP contribution is 2.57. The van der Waals surface area contributed by atoms with Crippen molar-refractivity contribution in [2.75, 3.05) is 26.4 Å². The van der Waals surface area contributed by atoms with Crippen LogP contribution in [-0.4, -0.2) is 38.4 Å². The quantitative estimate of drug-likeness (QED) is 0.0642. The Kier molecular flexibility index (Phi) is 11.9. The largest absolute Gasteiger partial charge is 0.490 e. The van der Waals surface area contributed by atoms with E-state index in [1.807, 2.05) is 0 Å². The van der Waals surface area contributed by atoms with Crippen LogP contribution in [0.15, 0.2) is 109 Å². The Labute approximate surface area is 326 Å². The maximum atomic E-state index is 12.1. The Balaban J connectivity index is 1.35. The van der Waals surface area contributed by atoms with Gasteiger partial charge in [0.1, 0.15) is 37.9 Å². The van der Waals surface area contributed by atoms with Gasteiger partial charge < -0.3 is 18.9 Å². The van der Waals surface area contributed by atoms with Gasteiger partial charge in [-0.25, -0.2) is 9.59 Å². The van der Waals surface area contributed by atoms with E-state index in [1.54, 1.807) is 13.8 Å². The number of ether oxygens (including phenoxy) is 4. The van der Waals surface area contributed by atoms with Crippen molar-refractivity contribution in [2.45, 2.75) is 95.3 Å². The van der Waals surface area contributed by atoms with Gasteiger partial charge in [-0.15, -0.1) is 0 Å². The van der Waals surface area contributed by atoms with Crippen LogP contribution >= 0.6 is 0 Å². The molecule has 0 amide bonds. The zero-order valence-electron chi connectivity index (χ0n) is 32.5. The Morgan fingerprint density at radius 2 is 0.964 bits per heavy atom. The lowest BCUT2D eigenvalue weighted by atomic mass is 9.66. The molecule has 2 fully saturated rings. The molecule has 55 heavy (non-hydrogen) atoms. The third-order valence-corrected chi connectivity index (χ3v) is 11.8. The average Bonchev–Trinajstić information content (AvgIpc) is 3.52. The number of rotatable bonds is 14. The van der Waals surface area contributed by atoms with Crippen molar-refractivity contribution in [3.05, 3.63) is 143 Å². The van der Waals surface area contributed by atoms with Crippen LogP contribution in [0.3, 0.4) is 0 Å².